The summed E-state index contributed by atoms with van der Waals surface area (Å²) >= 11 is 0. The van der Waals surface area contributed by atoms with Crippen LogP contribution in [-0.2, 0) is 14.6 Å². The summed E-state index contributed by atoms with van der Waals surface area (Å²) in [5.74, 6) is -0.829. The van der Waals surface area contributed by atoms with Crippen LogP contribution >= 0.6 is 0 Å². The highest BCUT2D eigenvalue weighted by atomic mass is 32.2. The van der Waals surface area contributed by atoms with Gasteiger partial charge in [0.25, 0.3) is 0 Å². The lowest BCUT2D eigenvalue weighted by Gasteiger charge is -2.19. The van der Waals surface area contributed by atoms with Crippen LogP contribution in [0.25, 0.3) is 6.08 Å². The van der Waals surface area contributed by atoms with E-state index in [4.69, 9.17) is 0 Å². The third-order valence-corrected chi connectivity index (χ3v) is 7.17. The van der Waals surface area contributed by atoms with Crippen molar-refractivity contribution in [3.63, 3.8) is 0 Å². The Balaban J connectivity index is 2.06. The highest BCUT2D eigenvalue weighted by Gasteiger charge is 2.28. The number of amides is 1. The van der Waals surface area contributed by atoms with Crippen LogP contribution in [0.5, 0.6) is 5.75 Å². The van der Waals surface area contributed by atoms with Gasteiger partial charge in [0, 0.05) is 11.8 Å². The van der Waals surface area contributed by atoms with E-state index in [-0.39, 0.29) is 27.0 Å². The molecule has 0 heterocycles. The van der Waals surface area contributed by atoms with Crippen molar-refractivity contribution in [3.05, 3.63) is 89.0 Å². The van der Waals surface area contributed by atoms with Crippen molar-refractivity contribution in [1.82, 2.24) is 0 Å². The monoisotopic (exact) mass is 449 g/mol. The van der Waals surface area contributed by atoms with E-state index in [0.29, 0.717) is 11.3 Å². The quantitative estimate of drug-likeness (QED) is 0.378. The number of rotatable bonds is 6. The molecule has 0 saturated heterocycles. The molecule has 3 aromatic rings. The van der Waals surface area contributed by atoms with E-state index in [1.807, 2.05) is 51.1 Å². The van der Waals surface area contributed by atoms with Gasteiger partial charge in [0.1, 0.15) is 10.6 Å². The fraction of sp³-hybridized carbons (Fsp3) is 0.192. The molecule has 0 aliphatic rings. The highest BCUT2D eigenvalue weighted by Crippen LogP contribution is 2.41. The summed E-state index contributed by atoms with van der Waals surface area (Å²) in [6.07, 6.45) is 3.07. The van der Waals surface area contributed by atoms with E-state index >= 15 is 0 Å². The molecule has 1 amide bonds. The minimum atomic E-state index is -4.01. The molecule has 0 atom stereocenters. The molecule has 3 rings (SSSR count). The molecule has 6 heteroatoms. The average Bonchev–Trinajstić information content (AvgIpc) is 2.75. The lowest BCUT2D eigenvalue weighted by Crippen LogP contribution is -2.13. The zero-order valence-corrected chi connectivity index (χ0v) is 19.4. The molecule has 32 heavy (non-hydrogen) atoms. The topological polar surface area (TPSA) is 83.5 Å². The van der Waals surface area contributed by atoms with Gasteiger partial charge < -0.3 is 10.4 Å². The van der Waals surface area contributed by atoms with Crippen molar-refractivity contribution in [2.24, 2.45) is 0 Å². The summed E-state index contributed by atoms with van der Waals surface area (Å²) in [4.78, 5) is 12.5. The Morgan fingerprint density at radius 1 is 1.00 bits per heavy atom. The average molecular weight is 450 g/mol. The van der Waals surface area contributed by atoms with Gasteiger partial charge in [-0.3, -0.25) is 4.79 Å². The second-order valence-corrected chi connectivity index (χ2v) is 9.91. The molecule has 0 aromatic heterocycles. The second-order valence-electron chi connectivity index (χ2n) is 8.02. The molecule has 0 fully saturated rings. The van der Waals surface area contributed by atoms with Crippen molar-refractivity contribution in [2.45, 2.75) is 43.4 Å². The summed E-state index contributed by atoms with van der Waals surface area (Å²) in [6.45, 7) is 7.16. The molecule has 2 N–H and O–H groups in total. The normalized spacial score (nSPS) is 11.8. The Morgan fingerprint density at radius 3 is 2.22 bits per heavy atom. The maximum absolute atomic E-state index is 13.4. The van der Waals surface area contributed by atoms with Gasteiger partial charge in [-0.15, -0.1) is 0 Å². The number of aromatic hydroxyl groups is 1. The number of benzene rings is 3. The zero-order valence-electron chi connectivity index (χ0n) is 18.6. The van der Waals surface area contributed by atoms with Crippen LogP contribution in [0.1, 0.15) is 42.0 Å². The van der Waals surface area contributed by atoms with Crippen LogP contribution in [0.4, 0.5) is 5.69 Å². The number of nitrogens with one attached hydrogen (secondary N) is 1. The van der Waals surface area contributed by atoms with E-state index in [2.05, 4.69) is 5.32 Å². The molecule has 0 saturated carbocycles. The van der Waals surface area contributed by atoms with Gasteiger partial charge in [-0.2, -0.15) is 0 Å². The largest absolute Gasteiger partial charge is 0.506 e. The first-order chi connectivity index (χ1) is 15.1. The van der Waals surface area contributed by atoms with Gasteiger partial charge in [-0.1, -0.05) is 61.9 Å². The van der Waals surface area contributed by atoms with Gasteiger partial charge in [-0.25, -0.2) is 8.42 Å². The maximum atomic E-state index is 13.4. The van der Waals surface area contributed by atoms with Crippen molar-refractivity contribution < 1.29 is 18.3 Å². The van der Waals surface area contributed by atoms with Crippen molar-refractivity contribution in [3.8, 4) is 5.75 Å². The smallest absolute Gasteiger partial charge is 0.248 e. The number of anilines is 1. The number of sulfone groups is 1. The first-order valence-corrected chi connectivity index (χ1v) is 11.8. The number of hydrogen-bond donors (Lipinski definition) is 2. The van der Waals surface area contributed by atoms with Crippen LogP contribution in [0.15, 0.2) is 76.5 Å². The Bertz CT molecular complexity index is 1260. The fourth-order valence-electron chi connectivity index (χ4n) is 3.41. The summed E-state index contributed by atoms with van der Waals surface area (Å²) in [5, 5.41) is 13.7. The summed E-state index contributed by atoms with van der Waals surface area (Å²) in [5.41, 5.74) is 2.88. The lowest BCUT2D eigenvalue weighted by atomic mass is 9.99. The summed E-state index contributed by atoms with van der Waals surface area (Å²) in [6, 6.07) is 17.5. The van der Waals surface area contributed by atoms with E-state index in [9.17, 15) is 18.3 Å². The molecular weight excluding hydrogens is 422 g/mol. The van der Waals surface area contributed by atoms with Crippen LogP contribution in [0.2, 0.25) is 0 Å². The van der Waals surface area contributed by atoms with Gasteiger partial charge in [0.2, 0.25) is 15.7 Å². The molecule has 0 spiro atoms. The summed E-state index contributed by atoms with van der Waals surface area (Å²) in [7, 11) is -4.01. The Morgan fingerprint density at radius 2 is 1.62 bits per heavy atom. The molecule has 166 valence electrons. The minimum Gasteiger partial charge on any atom is -0.506 e. The number of hydrogen-bond acceptors (Lipinski definition) is 4. The lowest BCUT2D eigenvalue weighted by molar-refractivity contribution is -0.111. The first-order valence-electron chi connectivity index (χ1n) is 10.3. The molecule has 5 nitrogen and oxygen atoms in total. The van der Waals surface area contributed by atoms with E-state index in [1.54, 1.807) is 31.2 Å². The van der Waals surface area contributed by atoms with E-state index in [0.717, 1.165) is 11.1 Å². The van der Waals surface area contributed by atoms with Gasteiger partial charge in [-0.05, 0) is 60.7 Å². The number of aryl methyl sites for hydroxylation is 1. The zero-order chi connectivity index (χ0) is 23.5. The molecule has 0 radical (unpaired) electrons. The predicted octanol–water partition coefficient (Wildman–Crippen LogP) is 5.62. The van der Waals surface area contributed by atoms with Gasteiger partial charge in [0.15, 0.2) is 0 Å². The second kappa shape index (κ2) is 9.40. The predicted molar refractivity (Wildman–Crippen MR) is 128 cm³/mol. The van der Waals surface area contributed by atoms with Crippen LogP contribution in [0, 0.1) is 13.8 Å². The fourth-order valence-corrected chi connectivity index (χ4v) is 5.02. The number of carbonyl (C=O) groups is 1. The van der Waals surface area contributed by atoms with E-state index in [1.165, 1.54) is 18.2 Å². The number of phenolic OH excluding ortho intramolecular Hbond substituents is 1. The maximum Gasteiger partial charge on any atom is 0.248 e. The Kier molecular flexibility index (Phi) is 6.84. The molecule has 0 unspecified atom stereocenters. The molecule has 3 aromatic carbocycles. The number of phenols is 1. The molecule has 0 bridgehead atoms. The van der Waals surface area contributed by atoms with Crippen LogP contribution in [-0.4, -0.2) is 19.4 Å². The van der Waals surface area contributed by atoms with Crippen molar-refractivity contribution >= 4 is 27.5 Å². The third kappa shape index (κ3) is 4.92. The van der Waals surface area contributed by atoms with E-state index < -0.39 is 15.7 Å². The van der Waals surface area contributed by atoms with Gasteiger partial charge >= 0.3 is 0 Å². The van der Waals surface area contributed by atoms with Crippen molar-refractivity contribution in [2.75, 3.05) is 5.32 Å². The first kappa shape index (κ1) is 23.3. The SMILES string of the molecule is Cc1ccc(S(=O)(=O)c2c(C)c(NC(=O)C=Cc3ccccc3)cc(C(C)C)c2O)cc1. The van der Waals surface area contributed by atoms with Crippen molar-refractivity contribution in [1.29, 1.82) is 0 Å². The standard InChI is InChI=1S/C26H27NO4S/c1-17(2)22-16-23(27-24(28)15-12-20-8-6-5-7-9-20)19(4)26(25(22)29)32(30,31)21-13-10-18(3)11-14-21/h5-17,29H,1-4H3,(H,27,28). The molecule has 0 aliphatic heterocycles. The number of carbonyl (C=O) groups excluding carboxylic acids is 1. The minimum absolute atomic E-state index is 0.0867. The summed E-state index contributed by atoms with van der Waals surface area (Å²) < 4.78 is 26.8. The highest BCUT2D eigenvalue weighted by molar-refractivity contribution is 7.91. The third-order valence-electron chi connectivity index (χ3n) is 5.24. The van der Waals surface area contributed by atoms with Gasteiger partial charge in [0.05, 0.1) is 4.90 Å². The van der Waals surface area contributed by atoms with Crippen LogP contribution < -0.4 is 5.32 Å². The Hall–Kier alpha value is -3.38. The molecular formula is C26H27NO4S. The Labute approximate surface area is 189 Å². The van der Waals surface area contributed by atoms with Crippen LogP contribution in [0.3, 0.4) is 0 Å². The molecule has 0 aliphatic carbocycles.